The summed E-state index contributed by atoms with van der Waals surface area (Å²) in [6.45, 7) is 10.6. The van der Waals surface area contributed by atoms with Gasteiger partial charge in [-0.15, -0.1) is 0 Å². The maximum Gasteiger partial charge on any atom is 0.262 e. The quantitative estimate of drug-likeness (QED) is 0.0437. The molecule has 0 saturated heterocycles. The van der Waals surface area contributed by atoms with E-state index < -0.39 is 0 Å². The molecule has 0 spiro atoms. The molecule has 56 heavy (non-hydrogen) atoms. The molecule has 2 aromatic carbocycles. The maximum absolute atomic E-state index is 14.5. The average molecular weight is 903 g/mol. The van der Waals surface area contributed by atoms with Crippen LogP contribution >= 0.6 is 31.9 Å². The molecule has 0 fully saturated rings. The van der Waals surface area contributed by atoms with Gasteiger partial charge in [0.15, 0.2) is 0 Å². The van der Waals surface area contributed by atoms with Crippen molar-refractivity contribution in [3.63, 3.8) is 0 Å². The van der Waals surface area contributed by atoms with Crippen molar-refractivity contribution in [2.24, 2.45) is 9.98 Å². The summed E-state index contributed by atoms with van der Waals surface area (Å²) in [5, 5.41) is 28.2. The van der Waals surface area contributed by atoms with Crippen LogP contribution in [0.3, 0.4) is 0 Å². The second-order valence-electron chi connectivity index (χ2n) is 16.0. The minimum atomic E-state index is -0.325. The molecule has 2 heterocycles. The van der Waals surface area contributed by atoms with Crippen LogP contribution in [0.25, 0.3) is 32.3 Å². The lowest BCUT2D eigenvalue weighted by molar-refractivity contribution is 0.404. The van der Waals surface area contributed by atoms with E-state index in [2.05, 4.69) is 59.6 Å². The smallest absolute Gasteiger partial charge is 0.262 e. The van der Waals surface area contributed by atoms with E-state index in [1.807, 2.05) is 0 Å². The summed E-state index contributed by atoms with van der Waals surface area (Å²) < 4.78 is 3.95. The van der Waals surface area contributed by atoms with E-state index in [9.17, 15) is 19.8 Å². The fourth-order valence-electron chi connectivity index (χ4n) is 8.22. The van der Waals surface area contributed by atoms with Crippen LogP contribution in [-0.2, 0) is 13.1 Å². The van der Waals surface area contributed by atoms with E-state index in [0.717, 1.165) is 103 Å². The summed E-state index contributed by atoms with van der Waals surface area (Å²) in [7, 11) is 0. The summed E-state index contributed by atoms with van der Waals surface area (Å²) in [6, 6.07) is 0. The monoisotopic (exact) mass is 900 g/mol. The summed E-state index contributed by atoms with van der Waals surface area (Å²) in [4.78, 5) is 39.5. The van der Waals surface area contributed by atoms with Gasteiger partial charge >= 0.3 is 0 Å². The highest BCUT2D eigenvalue weighted by molar-refractivity contribution is 9.13. The highest BCUT2D eigenvalue weighted by atomic mass is 79.9. The molecule has 0 radical (unpaired) electrons. The Bertz CT molecular complexity index is 1930. The van der Waals surface area contributed by atoms with Gasteiger partial charge in [-0.1, -0.05) is 156 Å². The summed E-state index contributed by atoms with van der Waals surface area (Å²) >= 11 is 7.51. The van der Waals surface area contributed by atoms with Gasteiger partial charge in [-0.25, -0.2) is 0 Å². The van der Waals surface area contributed by atoms with E-state index >= 15 is 0 Å². The number of hydrogen-bond acceptors (Lipinski definition) is 6. The van der Waals surface area contributed by atoms with Crippen molar-refractivity contribution in [2.75, 3.05) is 13.1 Å². The van der Waals surface area contributed by atoms with Crippen LogP contribution in [0.2, 0.25) is 0 Å². The minimum Gasteiger partial charge on any atom is -0.494 e. The lowest BCUT2D eigenvalue weighted by Gasteiger charge is -2.21. The van der Waals surface area contributed by atoms with Crippen molar-refractivity contribution < 1.29 is 10.2 Å². The summed E-state index contributed by atoms with van der Waals surface area (Å²) in [6.07, 6.45) is 26.0. The molecule has 4 rings (SSSR count). The minimum absolute atomic E-state index is 0.137. The number of unbranched alkanes of at least 4 members (excludes halogenated alkanes) is 20. The molecule has 0 saturated carbocycles. The Labute approximate surface area is 351 Å². The Kier molecular flexibility index (Phi) is 20.2. The van der Waals surface area contributed by atoms with Gasteiger partial charge in [-0.3, -0.25) is 28.7 Å². The first-order valence-corrected chi connectivity index (χ1v) is 24.0. The van der Waals surface area contributed by atoms with Crippen molar-refractivity contribution in [3.05, 3.63) is 40.4 Å². The summed E-state index contributed by atoms with van der Waals surface area (Å²) in [5.41, 5.74) is -0.651. The number of pyridine rings is 2. The van der Waals surface area contributed by atoms with Gasteiger partial charge < -0.3 is 10.2 Å². The largest absolute Gasteiger partial charge is 0.494 e. The number of rotatable bonds is 28. The number of benzene rings is 2. The van der Waals surface area contributed by atoms with Gasteiger partial charge in [0, 0.05) is 45.9 Å². The predicted octanol–water partition coefficient (Wildman–Crippen LogP) is 12.5. The van der Waals surface area contributed by atoms with Crippen LogP contribution in [-0.4, -0.2) is 32.4 Å². The highest BCUT2D eigenvalue weighted by Crippen LogP contribution is 2.43. The number of aromatic hydroxyl groups is 2. The molecule has 0 aliphatic carbocycles. The number of hydrogen-bond donors (Lipinski definition) is 2. The molecule has 0 bridgehead atoms. The van der Waals surface area contributed by atoms with E-state index in [1.165, 1.54) is 60.5 Å². The molecule has 10 heteroatoms. The number of aromatic nitrogens is 2. The molecule has 2 N–H and O–H groups in total. The van der Waals surface area contributed by atoms with E-state index in [-0.39, 0.29) is 22.9 Å². The lowest BCUT2D eigenvalue weighted by atomic mass is 9.94. The first-order chi connectivity index (χ1) is 27.3. The van der Waals surface area contributed by atoms with Crippen molar-refractivity contribution in [1.82, 2.24) is 9.13 Å². The van der Waals surface area contributed by atoms with Crippen LogP contribution in [0, 0.1) is 0 Å². The van der Waals surface area contributed by atoms with E-state index in [0.29, 0.717) is 78.2 Å². The lowest BCUT2D eigenvalue weighted by Crippen LogP contribution is -2.34. The first kappa shape index (κ1) is 46.2. The van der Waals surface area contributed by atoms with Crippen molar-refractivity contribution in [2.45, 2.75) is 195 Å². The molecule has 312 valence electrons. The fraction of sp³-hybridized carbons (Fsp3) is 0.696. The molecule has 0 aliphatic rings. The summed E-state index contributed by atoms with van der Waals surface area (Å²) in [5.74, 6) is -0.274. The second kappa shape index (κ2) is 24.5. The zero-order valence-electron chi connectivity index (χ0n) is 35.1. The Morgan fingerprint density at radius 3 is 1.02 bits per heavy atom. The zero-order chi connectivity index (χ0) is 40.5. The Balaban J connectivity index is 2.04. The third kappa shape index (κ3) is 11.4. The predicted molar refractivity (Wildman–Crippen MR) is 243 cm³/mol. The average Bonchev–Trinajstić information content (AvgIpc) is 3.18. The second-order valence-corrected chi connectivity index (χ2v) is 17.6. The molecular weight excluding hydrogens is 832 g/mol. The normalized spacial score (nSPS) is 12.8. The third-order valence-corrected chi connectivity index (χ3v) is 13.6. The fourth-order valence-corrected chi connectivity index (χ4v) is 9.35. The SMILES string of the molecule is CCCCCCCCN=c1c(=NCCCCCCCC)c2c(O)n(CCCCCCCC)c(=O)c3c(Br)c(Br)c4c(=O)n(CCCCCCCC)c(O)c1c4c23. The highest BCUT2D eigenvalue weighted by Gasteiger charge is 2.29. The van der Waals surface area contributed by atoms with E-state index in [4.69, 9.17) is 9.98 Å². The van der Waals surface area contributed by atoms with Gasteiger partial charge in [0.2, 0.25) is 11.8 Å². The first-order valence-electron chi connectivity index (χ1n) is 22.4. The molecule has 0 unspecified atom stereocenters. The van der Waals surface area contributed by atoms with Gasteiger partial charge in [0.25, 0.3) is 11.1 Å². The van der Waals surface area contributed by atoms with Crippen LogP contribution in [0.4, 0.5) is 0 Å². The van der Waals surface area contributed by atoms with Crippen molar-refractivity contribution >= 4 is 64.2 Å². The molecule has 0 atom stereocenters. The van der Waals surface area contributed by atoms with Gasteiger partial charge in [0.05, 0.1) is 32.3 Å². The van der Waals surface area contributed by atoms with Gasteiger partial charge in [-0.05, 0) is 57.5 Å². The Morgan fingerprint density at radius 2 is 0.696 bits per heavy atom. The van der Waals surface area contributed by atoms with Gasteiger partial charge in [-0.2, -0.15) is 0 Å². The molecule has 4 aromatic rings. The molecule has 8 nitrogen and oxygen atoms in total. The standard InChI is InChI=1S/C46H70Br2N4O4/c1-5-9-13-17-21-25-29-49-41-37-33-34-36(40(48)39(47)35(33)43(53)51(45(37)55)31-27-23-19-15-11-7-3)44(54)52(32-28-24-20-16-12-8-4)46(56)38(34)42(41)50-30-26-22-18-14-10-6-2/h55-56H,5-32H2,1-4H3. The maximum atomic E-state index is 14.5. The van der Waals surface area contributed by atoms with Crippen LogP contribution < -0.4 is 21.8 Å². The molecule has 0 amide bonds. The van der Waals surface area contributed by atoms with Crippen molar-refractivity contribution in [3.8, 4) is 11.8 Å². The Hall–Kier alpha value is -2.46. The van der Waals surface area contributed by atoms with Crippen LogP contribution in [0.1, 0.15) is 182 Å². The Morgan fingerprint density at radius 1 is 0.411 bits per heavy atom. The van der Waals surface area contributed by atoms with Crippen LogP contribution in [0.5, 0.6) is 11.8 Å². The van der Waals surface area contributed by atoms with Crippen LogP contribution in [0.15, 0.2) is 28.5 Å². The molecular formula is C46H70Br2N4O4. The van der Waals surface area contributed by atoms with Crippen molar-refractivity contribution in [1.29, 1.82) is 0 Å². The molecule has 0 aliphatic heterocycles. The van der Waals surface area contributed by atoms with E-state index in [1.54, 1.807) is 0 Å². The topological polar surface area (TPSA) is 109 Å². The molecule has 2 aromatic heterocycles. The number of halogens is 2. The van der Waals surface area contributed by atoms with Gasteiger partial charge in [0.1, 0.15) is 0 Å². The number of nitrogens with zero attached hydrogens (tertiary/aromatic N) is 4. The third-order valence-electron chi connectivity index (χ3n) is 11.5. The zero-order valence-corrected chi connectivity index (χ0v) is 38.2.